The maximum Gasteiger partial charge on any atom is 0.317 e. The molecule has 1 aliphatic heterocycles. The zero-order valence-electron chi connectivity index (χ0n) is 12.6. The van der Waals surface area contributed by atoms with Gasteiger partial charge in [0, 0.05) is 19.1 Å². The molecule has 0 bridgehead atoms. The van der Waals surface area contributed by atoms with Crippen LogP contribution in [-0.2, 0) is 14.3 Å². The molecular weight excluding hydrogens is 276 g/mol. The van der Waals surface area contributed by atoms with Crippen LogP contribution in [0.25, 0.3) is 0 Å². The van der Waals surface area contributed by atoms with Gasteiger partial charge in [-0.05, 0) is 19.3 Å². The van der Waals surface area contributed by atoms with E-state index in [1.807, 2.05) is 6.92 Å². The maximum absolute atomic E-state index is 12.2. The Kier molecular flexibility index (Phi) is 6.98. The number of ether oxygens (including phenoxy) is 1. The topological polar surface area (TPSA) is 95.9 Å². The summed E-state index contributed by atoms with van der Waals surface area (Å²) in [7, 11) is 1.34. The van der Waals surface area contributed by atoms with Crippen molar-refractivity contribution in [3.05, 3.63) is 0 Å². The molecule has 1 aliphatic rings. The molecule has 21 heavy (non-hydrogen) atoms. The van der Waals surface area contributed by atoms with Gasteiger partial charge in [0.2, 0.25) is 0 Å². The molecule has 0 saturated carbocycles. The van der Waals surface area contributed by atoms with Gasteiger partial charge in [0.1, 0.15) is 0 Å². The quantitative estimate of drug-likeness (QED) is 0.719. The number of piperidine rings is 1. The van der Waals surface area contributed by atoms with Crippen molar-refractivity contribution in [3.8, 4) is 0 Å². The van der Waals surface area contributed by atoms with Gasteiger partial charge in [0.15, 0.2) is 0 Å². The third-order valence-electron chi connectivity index (χ3n) is 3.63. The first-order valence-corrected chi connectivity index (χ1v) is 7.33. The molecule has 0 aromatic carbocycles. The highest BCUT2D eigenvalue weighted by molar-refractivity contribution is 5.78. The van der Waals surface area contributed by atoms with Gasteiger partial charge >= 0.3 is 18.0 Å². The average molecular weight is 300 g/mol. The van der Waals surface area contributed by atoms with Crippen LogP contribution in [0, 0.1) is 5.92 Å². The van der Waals surface area contributed by atoms with Crippen LogP contribution in [0.4, 0.5) is 4.79 Å². The van der Waals surface area contributed by atoms with Gasteiger partial charge in [-0.15, -0.1) is 0 Å². The number of rotatable bonds is 6. The van der Waals surface area contributed by atoms with Crippen molar-refractivity contribution in [1.29, 1.82) is 0 Å². The van der Waals surface area contributed by atoms with E-state index in [-0.39, 0.29) is 30.4 Å². The first-order valence-electron chi connectivity index (χ1n) is 7.33. The molecule has 2 amide bonds. The Morgan fingerprint density at radius 1 is 1.43 bits per heavy atom. The van der Waals surface area contributed by atoms with Crippen LogP contribution in [0.1, 0.15) is 39.0 Å². The fraction of sp³-hybridized carbons (Fsp3) is 0.786. The van der Waals surface area contributed by atoms with Crippen molar-refractivity contribution in [3.63, 3.8) is 0 Å². The van der Waals surface area contributed by atoms with Crippen LogP contribution in [0.3, 0.4) is 0 Å². The van der Waals surface area contributed by atoms with Crippen LogP contribution >= 0.6 is 0 Å². The number of urea groups is 1. The molecule has 0 aromatic rings. The lowest BCUT2D eigenvalue weighted by Crippen LogP contribution is -2.50. The second-order valence-electron chi connectivity index (χ2n) is 5.34. The Balaban J connectivity index is 2.56. The van der Waals surface area contributed by atoms with E-state index in [4.69, 9.17) is 9.84 Å². The number of carboxylic acid groups (broad SMARTS) is 1. The minimum absolute atomic E-state index is 0.0894. The maximum atomic E-state index is 12.2. The third-order valence-corrected chi connectivity index (χ3v) is 3.63. The summed E-state index contributed by atoms with van der Waals surface area (Å²) in [5.74, 6) is -1.53. The normalized spacial score (nSPS) is 19.7. The number of aliphatic carboxylic acids is 1. The molecule has 1 rings (SSSR count). The van der Waals surface area contributed by atoms with Gasteiger partial charge in [-0.1, -0.05) is 13.3 Å². The van der Waals surface area contributed by atoms with Crippen LogP contribution in [0.5, 0.6) is 0 Å². The van der Waals surface area contributed by atoms with Gasteiger partial charge in [0.05, 0.1) is 19.4 Å². The van der Waals surface area contributed by atoms with Crippen molar-refractivity contribution in [1.82, 2.24) is 10.2 Å². The summed E-state index contributed by atoms with van der Waals surface area (Å²) in [6, 6.07) is -0.679. The first-order chi connectivity index (χ1) is 9.97. The smallest absolute Gasteiger partial charge is 0.317 e. The highest BCUT2D eigenvalue weighted by atomic mass is 16.5. The van der Waals surface area contributed by atoms with Crippen LogP contribution in [0.2, 0.25) is 0 Å². The molecule has 0 spiro atoms. The van der Waals surface area contributed by atoms with Crippen LogP contribution in [-0.4, -0.2) is 54.2 Å². The molecule has 7 nitrogen and oxygen atoms in total. The van der Waals surface area contributed by atoms with Crippen molar-refractivity contribution >= 4 is 18.0 Å². The number of carbonyl (C=O) groups is 3. The van der Waals surface area contributed by atoms with Gasteiger partial charge in [-0.25, -0.2) is 4.79 Å². The predicted octanol–water partition coefficient (Wildman–Crippen LogP) is 1.22. The standard InChI is InChI=1S/C14H24N2O5/c1-3-5-11(8-12(17)18)15-14(20)16-7-4-6-10(9-16)13(19)21-2/h10-11H,3-9H2,1-2H3,(H,15,20)(H,17,18). The number of carbonyl (C=O) groups excluding carboxylic acids is 2. The van der Waals surface area contributed by atoms with Crippen molar-refractivity contribution in [2.24, 2.45) is 5.92 Å². The van der Waals surface area contributed by atoms with E-state index in [1.165, 1.54) is 7.11 Å². The highest BCUT2D eigenvalue weighted by Gasteiger charge is 2.29. The Hall–Kier alpha value is -1.79. The van der Waals surface area contributed by atoms with Crippen molar-refractivity contribution in [2.75, 3.05) is 20.2 Å². The number of likely N-dealkylation sites (tertiary alicyclic amines) is 1. The number of carboxylic acids is 1. The largest absolute Gasteiger partial charge is 0.481 e. The first kappa shape index (κ1) is 17.3. The average Bonchev–Trinajstić information content (AvgIpc) is 2.46. The molecule has 0 aromatic heterocycles. The van der Waals surface area contributed by atoms with Gasteiger partial charge in [-0.3, -0.25) is 9.59 Å². The lowest BCUT2D eigenvalue weighted by molar-refractivity contribution is -0.146. The molecule has 2 atom stereocenters. The minimum Gasteiger partial charge on any atom is -0.481 e. The Morgan fingerprint density at radius 3 is 2.71 bits per heavy atom. The molecular formula is C14H24N2O5. The predicted molar refractivity (Wildman–Crippen MR) is 75.8 cm³/mol. The fourth-order valence-electron chi connectivity index (χ4n) is 2.57. The van der Waals surface area contributed by atoms with E-state index < -0.39 is 5.97 Å². The van der Waals surface area contributed by atoms with Gasteiger partial charge in [0.25, 0.3) is 0 Å². The zero-order valence-corrected chi connectivity index (χ0v) is 12.6. The molecule has 7 heteroatoms. The molecule has 1 saturated heterocycles. The van der Waals surface area contributed by atoms with E-state index in [0.717, 1.165) is 12.8 Å². The highest BCUT2D eigenvalue weighted by Crippen LogP contribution is 2.18. The molecule has 2 unspecified atom stereocenters. The number of hydrogen-bond acceptors (Lipinski definition) is 4. The second kappa shape index (κ2) is 8.49. The Bertz CT molecular complexity index is 386. The Morgan fingerprint density at radius 2 is 2.14 bits per heavy atom. The number of hydrogen-bond donors (Lipinski definition) is 2. The minimum atomic E-state index is -0.931. The lowest BCUT2D eigenvalue weighted by atomic mass is 9.98. The van der Waals surface area contributed by atoms with E-state index in [2.05, 4.69) is 5.32 Å². The fourth-order valence-corrected chi connectivity index (χ4v) is 2.57. The molecule has 1 fully saturated rings. The molecule has 120 valence electrons. The van der Waals surface area contributed by atoms with E-state index >= 15 is 0 Å². The SMILES string of the molecule is CCCC(CC(=O)O)NC(=O)N1CCCC(C(=O)OC)C1. The van der Waals surface area contributed by atoms with Crippen molar-refractivity contribution < 1.29 is 24.2 Å². The molecule has 1 heterocycles. The number of amides is 2. The van der Waals surface area contributed by atoms with Gasteiger partial charge in [-0.2, -0.15) is 0 Å². The van der Waals surface area contributed by atoms with E-state index in [0.29, 0.717) is 25.9 Å². The molecule has 0 radical (unpaired) electrons. The van der Waals surface area contributed by atoms with E-state index in [9.17, 15) is 14.4 Å². The van der Waals surface area contributed by atoms with E-state index in [1.54, 1.807) is 4.90 Å². The molecule has 0 aliphatic carbocycles. The number of nitrogens with zero attached hydrogens (tertiary/aromatic N) is 1. The number of nitrogens with one attached hydrogen (secondary N) is 1. The Labute approximate surface area is 124 Å². The molecule has 2 N–H and O–H groups in total. The monoisotopic (exact) mass is 300 g/mol. The summed E-state index contributed by atoms with van der Waals surface area (Å²) in [6.45, 7) is 2.84. The second-order valence-corrected chi connectivity index (χ2v) is 5.34. The number of esters is 1. The summed E-state index contributed by atoms with van der Waals surface area (Å²) in [4.78, 5) is 36.1. The van der Waals surface area contributed by atoms with Gasteiger partial charge < -0.3 is 20.1 Å². The zero-order chi connectivity index (χ0) is 15.8. The summed E-state index contributed by atoms with van der Waals surface area (Å²) in [5.41, 5.74) is 0. The van der Waals surface area contributed by atoms with Crippen LogP contribution < -0.4 is 5.32 Å². The van der Waals surface area contributed by atoms with Crippen molar-refractivity contribution in [2.45, 2.75) is 45.1 Å². The summed E-state index contributed by atoms with van der Waals surface area (Å²) < 4.78 is 4.72. The lowest BCUT2D eigenvalue weighted by Gasteiger charge is -2.32. The third kappa shape index (κ3) is 5.61. The summed E-state index contributed by atoms with van der Waals surface area (Å²) in [6.07, 6.45) is 2.78. The number of methoxy groups -OCH3 is 1. The summed E-state index contributed by atoms with van der Waals surface area (Å²) in [5, 5.41) is 11.6. The summed E-state index contributed by atoms with van der Waals surface area (Å²) >= 11 is 0. The van der Waals surface area contributed by atoms with Crippen LogP contribution in [0.15, 0.2) is 0 Å².